The SMILES string of the molecule is CC1=C(N2CCN(C(=O)OCc3ccccc3)C3(CCNCC3)C2=O)COC1=O. The van der Waals surface area contributed by atoms with Crippen LogP contribution < -0.4 is 5.32 Å². The Labute approximate surface area is 169 Å². The lowest BCUT2D eigenvalue weighted by atomic mass is 9.83. The Morgan fingerprint density at radius 3 is 2.55 bits per heavy atom. The first-order valence-corrected chi connectivity index (χ1v) is 9.91. The molecule has 0 bridgehead atoms. The molecule has 0 unspecified atom stereocenters. The van der Waals surface area contributed by atoms with Crippen molar-refractivity contribution in [1.29, 1.82) is 0 Å². The molecule has 0 atom stereocenters. The fourth-order valence-corrected chi connectivity index (χ4v) is 4.28. The summed E-state index contributed by atoms with van der Waals surface area (Å²) < 4.78 is 10.6. The van der Waals surface area contributed by atoms with Crippen molar-refractivity contribution < 1.29 is 23.9 Å². The van der Waals surface area contributed by atoms with E-state index in [9.17, 15) is 14.4 Å². The minimum absolute atomic E-state index is 0.100. The summed E-state index contributed by atoms with van der Waals surface area (Å²) in [6, 6.07) is 9.47. The molecule has 154 valence electrons. The normalized spacial score (nSPS) is 21.6. The van der Waals surface area contributed by atoms with E-state index in [1.807, 2.05) is 30.3 Å². The van der Waals surface area contributed by atoms with E-state index in [0.29, 0.717) is 50.3 Å². The van der Waals surface area contributed by atoms with Gasteiger partial charge in [0.15, 0.2) is 0 Å². The molecule has 1 aromatic carbocycles. The molecule has 1 aromatic rings. The van der Waals surface area contributed by atoms with Crippen molar-refractivity contribution in [2.75, 3.05) is 32.8 Å². The number of hydrogen-bond donors (Lipinski definition) is 1. The zero-order valence-corrected chi connectivity index (χ0v) is 16.5. The van der Waals surface area contributed by atoms with Crippen LogP contribution in [0.3, 0.4) is 0 Å². The molecule has 3 heterocycles. The number of carbonyl (C=O) groups excluding carboxylic acids is 3. The maximum Gasteiger partial charge on any atom is 0.411 e. The summed E-state index contributed by atoms with van der Waals surface area (Å²) in [5.41, 5.74) is 1.00. The van der Waals surface area contributed by atoms with Crippen LogP contribution in [0.4, 0.5) is 4.79 Å². The second kappa shape index (κ2) is 7.87. The molecule has 0 saturated carbocycles. The van der Waals surface area contributed by atoms with E-state index in [0.717, 1.165) is 5.56 Å². The van der Waals surface area contributed by atoms with Gasteiger partial charge < -0.3 is 19.7 Å². The summed E-state index contributed by atoms with van der Waals surface area (Å²) in [7, 11) is 0. The summed E-state index contributed by atoms with van der Waals surface area (Å²) in [5, 5.41) is 3.25. The lowest BCUT2D eigenvalue weighted by molar-refractivity contribution is -0.150. The van der Waals surface area contributed by atoms with Crippen molar-refractivity contribution in [3.63, 3.8) is 0 Å². The highest BCUT2D eigenvalue weighted by molar-refractivity contribution is 5.96. The number of nitrogens with one attached hydrogen (secondary N) is 1. The molecule has 2 amide bonds. The van der Waals surface area contributed by atoms with Gasteiger partial charge in [0.25, 0.3) is 5.91 Å². The molecule has 29 heavy (non-hydrogen) atoms. The zero-order valence-electron chi connectivity index (χ0n) is 16.5. The summed E-state index contributed by atoms with van der Waals surface area (Å²) in [6.07, 6.45) is 0.529. The largest absolute Gasteiger partial charge is 0.456 e. The Hall–Kier alpha value is -2.87. The number of rotatable bonds is 3. The van der Waals surface area contributed by atoms with Crippen LogP contribution in [0, 0.1) is 0 Å². The molecule has 3 aliphatic heterocycles. The Morgan fingerprint density at radius 1 is 1.17 bits per heavy atom. The van der Waals surface area contributed by atoms with Crippen LogP contribution in [0.5, 0.6) is 0 Å². The van der Waals surface area contributed by atoms with Crippen molar-refractivity contribution in [2.24, 2.45) is 0 Å². The number of benzene rings is 1. The third kappa shape index (κ3) is 3.48. The van der Waals surface area contributed by atoms with E-state index < -0.39 is 17.6 Å². The van der Waals surface area contributed by atoms with Gasteiger partial charge in [-0.05, 0) is 38.4 Å². The second-order valence-electron chi connectivity index (χ2n) is 7.58. The van der Waals surface area contributed by atoms with E-state index in [2.05, 4.69) is 5.32 Å². The molecule has 0 aliphatic carbocycles. The van der Waals surface area contributed by atoms with Crippen LogP contribution >= 0.6 is 0 Å². The monoisotopic (exact) mass is 399 g/mol. The predicted octanol–water partition coefficient (Wildman–Crippen LogP) is 1.42. The lowest BCUT2D eigenvalue weighted by Crippen LogP contribution is -2.69. The predicted molar refractivity (Wildman–Crippen MR) is 104 cm³/mol. The Morgan fingerprint density at radius 2 is 1.90 bits per heavy atom. The van der Waals surface area contributed by atoms with Crippen molar-refractivity contribution in [1.82, 2.24) is 15.1 Å². The summed E-state index contributed by atoms with van der Waals surface area (Å²) in [5.74, 6) is -0.550. The topological polar surface area (TPSA) is 88.2 Å². The maximum absolute atomic E-state index is 13.6. The summed E-state index contributed by atoms with van der Waals surface area (Å²) in [4.78, 5) is 41.5. The number of piperazine rings is 1. The van der Waals surface area contributed by atoms with Crippen LogP contribution in [0.25, 0.3) is 0 Å². The molecule has 8 nitrogen and oxygen atoms in total. The Balaban J connectivity index is 1.56. The molecule has 1 N–H and O–H groups in total. The fraction of sp³-hybridized carbons (Fsp3) is 0.476. The lowest BCUT2D eigenvalue weighted by Gasteiger charge is -2.50. The fourth-order valence-electron chi connectivity index (χ4n) is 4.28. The smallest absolute Gasteiger partial charge is 0.411 e. The minimum Gasteiger partial charge on any atom is -0.456 e. The van der Waals surface area contributed by atoms with Crippen molar-refractivity contribution in [3.05, 3.63) is 47.2 Å². The van der Waals surface area contributed by atoms with Crippen LogP contribution in [-0.4, -0.2) is 66.1 Å². The van der Waals surface area contributed by atoms with Crippen molar-refractivity contribution >= 4 is 18.0 Å². The van der Waals surface area contributed by atoms with E-state index >= 15 is 0 Å². The van der Waals surface area contributed by atoms with Crippen LogP contribution in [0.2, 0.25) is 0 Å². The molecule has 4 rings (SSSR count). The van der Waals surface area contributed by atoms with Crippen LogP contribution in [-0.2, 0) is 25.7 Å². The number of amides is 2. The van der Waals surface area contributed by atoms with E-state index in [-0.39, 0.29) is 19.1 Å². The van der Waals surface area contributed by atoms with Gasteiger partial charge in [-0.15, -0.1) is 0 Å². The number of carbonyl (C=O) groups is 3. The quantitative estimate of drug-likeness (QED) is 0.774. The zero-order chi connectivity index (χ0) is 20.4. The third-order valence-electron chi connectivity index (χ3n) is 5.97. The average molecular weight is 399 g/mol. The van der Waals surface area contributed by atoms with Gasteiger partial charge in [-0.3, -0.25) is 9.69 Å². The van der Waals surface area contributed by atoms with Gasteiger partial charge in [-0.25, -0.2) is 9.59 Å². The first kappa shape index (κ1) is 19.4. The first-order valence-electron chi connectivity index (χ1n) is 9.91. The van der Waals surface area contributed by atoms with E-state index in [1.54, 1.807) is 16.7 Å². The molecular weight excluding hydrogens is 374 g/mol. The molecule has 8 heteroatoms. The van der Waals surface area contributed by atoms with Gasteiger partial charge in [-0.2, -0.15) is 0 Å². The van der Waals surface area contributed by atoms with Crippen molar-refractivity contribution in [2.45, 2.75) is 31.9 Å². The third-order valence-corrected chi connectivity index (χ3v) is 5.97. The van der Waals surface area contributed by atoms with Crippen LogP contribution in [0.1, 0.15) is 25.3 Å². The summed E-state index contributed by atoms with van der Waals surface area (Å²) in [6.45, 7) is 3.87. The standard InChI is InChI=1S/C21H25N3O5/c1-15-17(14-28-18(15)25)23-11-12-24(21(19(23)26)7-9-22-10-8-21)20(27)29-13-16-5-3-2-4-6-16/h2-6,22H,7-14H2,1H3. The number of ether oxygens (including phenoxy) is 2. The second-order valence-corrected chi connectivity index (χ2v) is 7.58. The number of piperidine rings is 1. The highest BCUT2D eigenvalue weighted by Crippen LogP contribution is 2.35. The molecule has 0 radical (unpaired) electrons. The average Bonchev–Trinajstić information content (AvgIpc) is 3.08. The maximum atomic E-state index is 13.6. The molecule has 2 saturated heterocycles. The Bertz CT molecular complexity index is 845. The van der Waals surface area contributed by atoms with Gasteiger partial charge in [0, 0.05) is 13.1 Å². The van der Waals surface area contributed by atoms with Crippen molar-refractivity contribution in [3.8, 4) is 0 Å². The summed E-state index contributed by atoms with van der Waals surface area (Å²) >= 11 is 0. The molecular formula is C21H25N3O5. The molecule has 0 aromatic heterocycles. The van der Waals surface area contributed by atoms with Gasteiger partial charge in [0.2, 0.25) is 0 Å². The minimum atomic E-state index is -0.962. The molecule has 2 fully saturated rings. The van der Waals surface area contributed by atoms with E-state index in [1.165, 1.54) is 0 Å². The van der Waals surface area contributed by atoms with E-state index in [4.69, 9.17) is 9.47 Å². The number of cyclic esters (lactones) is 1. The number of hydrogen-bond acceptors (Lipinski definition) is 6. The molecule has 3 aliphatic rings. The highest BCUT2D eigenvalue weighted by atomic mass is 16.6. The Kier molecular flexibility index (Phi) is 5.27. The number of esters is 1. The van der Waals surface area contributed by atoms with Gasteiger partial charge in [0.1, 0.15) is 18.8 Å². The first-order chi connectivity index (χ1) is 14.0. The van der Waals surface area contributed by atoms with Gasteiger partial charge in [0.05, 0.1) is 11.3 Å². The van der Waals surface area contributed by atoms with Gasteiger partial charge >= 0.3 is 12.1 Å². The molecule has 1 spiro atoms. The van der Waals surface area contributed by atoms with Gasteiger partial charge in [-0.1, -0.05) is 30.3 Å². The number of nitrogens with zero attached hydrogens (tertiary/aromatic N) is 2. The highest BCUT2D eigenvalue weighted by Gasteiger charge is 2.53. The van der Waals surface area contributed by atoms with Crippen LogP contribution in [0.15, 0.2) is 41.6 Å².